The molecule has 1 rings (SSSR count). The van der Waals surface area contributed by atoms with Crippen molar-refractivity contribution in [1.82, 2.24) is 9.78 Å². The van der Waals surface area contributed by atoms with Crippen LogP contribution in [0.15, 0.2) is 16.7 Å². The van der Waals surface area contributed by atoms with Gasteiger partial charge >= 0.3 is 0 Å². The molecule has 0 radical (unpaired) electrons. The highest BCUT2D eigenvalue weighted by molar-refractivity contribution is 9.10. The van der Waals surface area contributed by atoms with Gasteiger partial charge in [0.15, 0.2) is 0 Å². The first-order valence-electron chi connectivity index (χ1n) is 4.62. The number of alkyl halides is 1. The molecular formula is C10H14Br2N2. The van der Waals surface area contributed by atoms with Crippen molar-refractivity contribution in [3.8, 4) is 0 Å². The van der Waals surface area contributed by atoms with Crippen LogP contribution in [0.1, 0.15) is 32.0 Å². The molecule has 1 aromatic heterocycles. The highest BCUT2D eigenvalue weighted by Crippen LogP contribution is 2.20. The molecule has 0 atom stereocenters. The summed E-state index contributed by atoms with van der Waals surface area (Å²) in [5, 5.41) is 5.30. The number of hydrogen-bond donors (Lipinski definition) is 0. The van der Waals surface area contributed by atoms with Gasteiger partial charge < -0.3 is 0 Å². The fourth-order valence-electron chi connectivity index (χ4n) is 1.18. The summed E-state index contributed by atoms with van der Waals surface area (Å²) in [6.45, 7) is 4.25. The zero-order chi connectivity index (χ0) is 10.6. The highest BCUT2D eigenvalue weighted by atomic mass is 79.9. The van der Waals surface area contributed by atoms with Crippen LogP contribution in [-0.2, 0) is 0 Å². The van der Waals surface area contributed by atoms with Crippen LogP contribution in [0.25, 0.3) is 6.08 Å². The molecule has 0 aliphatic heterocycles. The van der Waals surface area contributed by atoms with E-state index in [2.05, 4.69) is 63.0 Å². The first-order chi connectivity index (χ1) is 6.66. The third-order valence-electron chi connectivity index (χ3n) is 1.83. The molecule has 2 nitrogen and oxygen atoms in total. The maximum absolute atomic E-state index is 4.30. The molecule has 0 aliphatic rings. The average Bonchev–Trinajstić information content (AvgIpc) is 2.48. The predicted octanol–water partition coefficient (Wildman–Crippen LogP) is 4.02. The van der Waals surface area contributed by atoms with Gasteiger partial charge in [0.05, 0.1) is 16.4 Å². The van der Waals surface area contributed by atoms with Gasteiger partial charge in [0.1, 0.15) is 0 Å². The van der Waals surface area contributed by atoms with Gasteiger partial charge in [0.25, 0.3) is 0 Å². The Kier molecular flexibility index (Phi) is 4.89. The van der Waals surface area contributed by atoms with Crippen LogP contribution in [0, 0.1) is 0 Å². The van der Waals surface area contributed by atoms with Gasteiger partial charge in [-0.25, -0.2) is 0 Å². The SMILES string of the molecule is CC(C)n1ncc(Br)c1/C=C/CCBr. The smallest absolute Gasteiger partial charge is 0.0752 e. The highest BCUT2D eigenvalue weighted by Gasteiger charge is 2.07. The van der Waals surface area contributed by atoms with Gasteiger partial charge in [-0.2, -0.15) is 5.10 Å². The molecule has 0 amide bonds. The molecule has 1 heterocycles. The van der Waals surface area contributed by atoms with E-state index in [1.807, 2.05) is 10.9 Å². The second kappa shape index (κ2) is 5.71. The average molecular weight is 322 g/mol. The van der Waals surface area contributed by atoms with Gasteiger partial charge in [-0.3, -0.25) is 4.68 Å². The van der Waals surface area contributed by atoms with Gasteiger partial charge in [-0.05, 0) is 42.3 Å². The minimum Gasteiger partial charge on any atom is -0.262 e. The van der Waals surface area contributed by atoms with Crippen molar-refractivity contribution in [3.63, 3.8) is 0 Å². The fourth-order valence-corrected chi connectivity index (χ4v) is 1.85. The van der Waals surface area contributed by atoms with E-state index in [0.717, 1.165) is 21.9 Å². The Hall–Kier alpha value is -0.0900. The number of rotatable bonds is 4. The zero-order valence-corrected chi connectivity index (χ0v) is 11.5. The predicted molar refractivity (Wildman–Crippen MR) is 67.8 cm³/mol. The number of aromatic nitrogens is 2. The summed E-state index contributed by atoms with van der Waals surface area (Å²) in [7, 11) is 0. The molecule has 14 heavy (non-hydrogen) atoms. The molecule has 0 saturated heterocycles. The Labute approximate surface area is 102 Å². The lowest BCUT2D eigenvalue weighted by Crippen LogP contribution is -2.04. The van der Waals surface area contributed by atoms with E-state index in [-0.39, 0.29) is 0 Å². The quantitative estimate of drug-likeness (QED) is 0.766. The van der Waals surface area contributed by atoms with Crippen molar-refractivity contribution in [2.24, 2.45) is 0 Å². The van der Waals surface area contributed by atoms with Gasteiger partial charge in [0, 0.05) is 11.4 Å². The topological polar surface area (TPSA) is 17.8 Å². The summed E-state index contributed by atoms with van der Waals surface area (Å²) < 4.78 is 3.06. The van der Waals surface area contributed by atoms with E-state index in [1.165, 1.54) is 0 Å². The normalized spacial score (nSPS) is 11.8. The Morgan fingerprint density at radius 2 is 2.29 bits per heavy atom. The van der Waals surface area contributed by atoms with Crippen LogP contribution in [0.5, 0.6) is 0 Å². The molecular weight excluding hydrogens is 308 g/mol. The summed E-state index contributed by atoms with van der Waals surface area (Å²) in [4.78, 5) is 0. The molecule has 0 fully saturated rings. The van der Waals surface area contributed by atoms with Crippen LogP contribution in [-0.4, -0.2) is 15.1 Å². The van der Waals surface area contributed by atoms with Crippen molar-refractivity contribution in [3.05, 3.63) is 22.4 Å². The second-order valence-electron chi connectivity index (χ2n) is 3.30. The Bertz CT molecular complexity index is 316. The molecule has 0 aliphatic carbocycles. The van der Waals surface area contributed by atoms with E-state index in [9.17, 15) is 0 Å². The zero-order valence-electron chi connectivity index (χ0n) is 8.37. The van der Waals surface area contributed by atoms with Crippen LogP contribution in [0.4, 0.5) is 0 Å². The van der Waals surface area contributed by atoms with Crippen LogP contribution < -0.4 is 0 Å². The minimum atomic E-state index is 0.393. The summed E-state index contributed by atoms with van der Waals surface area (Å²) >= 11 is 6.89. The summed E-state index contributed by atoms with van der Waals surface area (Å²) in [5.74, 6) is 0. The molecule has 0 aromatic carbocycles. The molecule has 0 N–H and O–H groups in total. The lowest BCUT2D eigenvalue weighted by atomic mass is 10.3. The third-order valence-corrected chi connectivity index (χ3v) is 2.90. The largest absolute Gasteiger partial charge is 0.262 e. The molecule has 1 aromatic rings. The first-order valence-corrected chi connectivity index (χ1v) is 6.53. The molecule has 0 unspecified atom stereocenters. The van der Waals surface area contributed by atoms with Crippen LogP contribution >= 0.6 is 31.9 Å². The molecule has 0 bridgehead atoms. The van der Waals surface area contributed by atoms with Gasteiger partial charge in [-0.1, -0.05) is 22.0 Å². The van der Waals surface area contributed by atoms with E-state index < -0.39 is 0 Å². The van der Waals surface area contributed by atoms with Crippen molar-refractivity contribution < 1.29 is 0 Å². The maximum atomic E-state index is 4.30. The Morgan fingerprint density at radius 3 is 2.86 bits per heavy atom. The van der Waals surface area contributed by atoms with Crippen molar-refractivity contribution in [1.29, 1.82) is 0 Å². The number of hydrogen-bond acceptors (Lipinski definition) is 1. The number of allylic oxidation sites excluding steroid dienone is 1. The maximum Gasteiger partial charge on any atom is 0.0752 e. The van der Waals surface area contributed by atoms with E-state index in [4.69, 9.17) is 0 Å². The van der Waals surface area contributed by atoms with E-state index in [1.54, 1.807) is 0 Å². The van der Waals surface area contributed by atoms with Crippen LogP contribution in [0.2, 0.25) is 0 Å². The van der Waals surface area contributed by atoms with Gasteiger partial charge in [0.2, 0.25) is 0 Å². The fraction of sp³-hybridized carbons (Fsp3) is 0.500. The minimum absolute atomic E-state index is 0.393. The number of nitrogens with zero attached hydrogens (tertiary/aromatic N) is 2. The lowest BCUT2D eigenvalue weighted by Gasteiger charge is -2.08. The third kappa shape index (κ3) is 2.95. The van der Waals surface area contributed by atoms with Crippen molar-refractivity contribution in [2.45, 2.75) is 26.3 Å². The molecule has 4 heteroatoms. The molecule has 78 valence electrons. The van der Waals surface area contributed by atoms with Gasteiger partial charge in [-0.15, -0.1) is 0 Å². The molecule has 0 saturated carbocycles. The summed E-state index contributed by atoms with van der Waals surface area (Å²) in [5.41, 5.74) is 1.14. The molecule has 0 spiro atoms. The number of halogens is 2. The summed E-state index contributed by atoms with van der Waals surface area (Å²) in [6.07, 6.45) is 7.14. The Morgan fingerprint density at radius 1 is 1.57 bits per heavy atom. The Balaban J connectivity index is 2.88. The monoisotopic (exact) mass is 320 g/mol. The van der Waals surface area contributed by atoms with Crippen LogP contribution in [0.3, 0.4) is 0 Å². The standard InChI is InChI=1S/C10H14Br2N2/c1-8(2)14-10(5-3-4-6-11)9(12)7-13-14/h3,5,7-8H,4,6H2,1-2H3/b5-3+. The second-order valence-corrected chi connectivity index (χ2v) is 4.94. The van der Waals surface area contributed by atoms with Crippen molar-refractivity contribution >= 4 is 37.9 Å². The van der Waals surface area contributed by atoms with Crippen molar-refractivity contribution in [2.75, 3.05) is 5.33 Å². The first kappa shape index (κ1) is 12.0. The lowest BCUT2D eigenvalue weighted by molar-refractivity contribution is 0.528. The summed E-state index contributed by atoms with van der Waals surface area (Å²) in [6, 6.07) is 0.393. The van der Waals surface area contributed by atoms with E-state index in [0.29, 0.717) is 6.04 Å². The van der Waals surface area contributed by atoms with E-state index >= 15 is 0 Å².